The second-order valence-corrected chi connectivity index (χ2v) is 4.29. The van der Waals surface area contributed by atoms with E-state index in [1.54, 1.807) is 25.4 Å². The molecular formula is C14H11N3O2. The van der Waals surface area contributed by atoms with Crippen molar-refractivity contribution in [2.45, 2.75) is 6.92 Å². The third-order valence-corrected chi connectivity index (χ3v) is 3.03. The first-order valence-electron chi connectivity index (χ1n) is 5.79. The van der Waals surface area contributed by atoms with E-state index in [0.29, 0.717) is 5.69 Å². The predicted molar refractivity (Wildman–Crippen MR) is 71.0 cm³/mol. The van der Waals surface area contributed by atoms with E-state index in [4.69, 9.17) is 5.11 Å². The average molecular weight is 253 g/mol. The minimum Gasteiger partial charge on any atom is -0.478 e. The van der Waals surface area contributed by atoms with Crippen molar-refractivity contribution in [2.24, 2.45) is 0 Å². The molecule has 2 N–H and O–H groups in total. The molecule has 0 bridgehead atoms. The summed E-state index contributed by atoms with van der Waals surface area (Å²) in [7, 11) is 0. The van der Waals surface area contributed by atoms with E-state index in [2.05, 4.69) is 15.0 Å². The lowest BCUT2D eigenvalue weighted by molar-refractivity contribution is 0.0696. The van der Waals surface area contributed by atoms with Crippen LogP contribution >= 0.6 is 0 Å². The van der Waals surface area contributed by atoms with Gasteiger partial charge in [0.25, 0.3) is 0 Å². The first-order chi connectivity index (χ1) is 9.15. The number of aromatic nitrogens is 3. The molecule has 0 aliphatic heterocycles. The largest absolute Gasteiger partial charge is 0.478 e. The van der Waals surface area contributed by atoms with Gasteiger partial charge < -0.3 is 10.1 Å². The van der Waals surface area contributed by atoms with E-state index in [1.165, 1.54) is 0 Å². The number of benzene rings is 1. The van der Waals surface area contributed by atoms with Crippen molar-refractivity contribution < 1.29 is 9.90 Å². The van der Waals surface area contributed by atoms with Crippen molar-refractivity contribution in [3.05, 3.63) is 47.9 Å². The quantitative estimate of drug-likeness (QED) is 0.735. The van der Waals surface area contributed by atoms with Gasteiger partial charge in [-0.1, -0.05) is 6.07 Å². The molecule has 0 unspecified atom stereocenters. The number of carbonyl (C=O) groups is 1. The van der Waals surface area contributed by atoms with E-state index < -0.39 is 5.97 Å². The second kappa shape index (κ2) is 4.20. The second-order valence-electron chi connectivity index (χ2n) is 4.29. The Kier molecular flexibility index (Phi) is 2.52. The van der Waals surface area contributed by atoms with E-state index >= 15 is 0 Å². The van der Waals surface area contributed by atoms with Crippen LogP contribution in [0.3, 0.4) is 0 Å². The van der Waals surface area contributed by atoms with Crippen molar-refractivity contribution in [1.82, 2.24) is 15.0 Å². The van der Waals surface area contributed by atoms with Crippen molar-refractivity contribution in [3.63, 3.8) is 0 Å². The molecule has 0 radical (unpaired) electrons. The molecule has 0 fully saturated rings. The van der Waals surface area contributed by atoms with Crippen molar-refractivity contribution in [1.29, 1.82) is 0 Å². The Morgan fingerprint density at radius 3 is 2.58 bits per heavy atom. The summed E-state index contributed by atoms with van der Waals surface area (Å²) in [5.41, 5.74) is 4.18. The highest BCUT2D eigenvalue weighted by molar-refractivity contribution is 5.91. The highest BCUT2D eigenvalue weighted by Crippen LogP contribution is 2.24. The topological polar surface area (TPSA) is 78.9 Å². The summed E-state index contributed by atoms with van der Waals surface area (Å²) in [5.74, 6) is -0.930. The summed E-state index contributed by atoms with van der Waals surface area (Å²) < 4.78 is 0. The van der Waals surface area contributed by atoms with Gasteiger partial charge in [0.1, 0.15) is 0 Å². The Balaban J connectivity index is 2.13. The van der Waals surface area contributed by atoms with Gasteiger partial charge in [0.2, 0.25) is 0 Å². The van der Waals surface area contributed by atoms with Gasteiger partial charge in [-0.3, -0.25) is 9.97 Å². The number of carboxylic acid groups (broad SMARTS) is 1. The number of hydrogen-bond donors (Lipinski definition) is 2. The normalized spacial score (nSPS) is 10.8. The van der Waals surface area contributed by atoms with Gasteiger partial charge in [-0.2, -0.15) is 0 Å². The fourth-order valence-corrected chi connectivity index (χ4v) is 2.07. The monoisotopic (exact) mass is 253 g/mol. The Labute approximate surface area is 109 Å². The third kappa shape index (κ3) is 1.95. The molecule has 2 heterocycles. The minimum absolute atomic E-state index is 0.286. The maximum absolute atomic E-state index is 11.0. The zero-order valence-electron chi connectivity index (χ0n) is 10.2. The Hall–Kier alpha value is -2.69. The number of aryl methyl sites for hydroxylation is 1. The number of nitrogens with one attached hydrogen (secondary N) is 1. The van der Waals surface area contributed by atoms with Crippen LogP contribution in [0.5, 0.6) is 0 Å². The van der Waals surface area contributed by atoms with Gasteiger partial charge in [0.05, 0.1) is 16.6 Å². The van der Waals surface area contributed by atoms with Gasteiger partial charge >= 0.3 is 5.97 Å². The zero-order valence-corrected chi connectivity index (χ0v) is 10.2. The first-order valence-corrected chi connectivity index (χ1v) is 5.79. The number of H-pyrrole nitrogens is 1. The van der Waals surface area contributed by atoms with Crippen LogP contribution in [-0.2, 0) is 0 Å². The van der Waals surface area contributed by atoms with Crippen LogP contribution in [-0.4, -0.2) is 26.0 Å². The van der Waals surface area contributed by atoms with Gasteiger partial charge in [-0.05, 0) is 25.1 Å². The third-order valence-electron chi connectivity index (χ3n) is 3.03. The molecule has 3 rings (SSSR count). The maximum Gasteiger partial charge on any atom is 0.337 e. The van der Waals surface area contributed by atoms with Gasteiger partial charge in [0.15, 0.2) is 0 Å². The molecule has 0 atom stereocenters. The molecule has 0 amide bonds. The number of nitrogens with zero attached hydrogens (tertiary/aromatic N) is 2. The standard InChI is InChI=1S/C14H11N3O2/c1-8-10(14(18)19)7-12(17-8)9-2-3-11-13(6-9)16-5-4-15-11/h2-7,17H,1H3,(H,18,19). The average Bonchev–Trinajstić information content (AvgIpc) is 2.80. The van der Waals surface area contributed by atoms with E-state index in [-0.39, 0.29) is 5.56 Å². The fraction of sp³-hybridized carbons (Fsp3) is 0.0714. The van der Waals surface area contributed by atoms with Crippen molar-refractivity contribution in [3.8, 4) is 11.3 Å². The van der Waals surface area contributed by atoms with Crippen LogP contribution in [0.25, 0.3) is 22.3 Å². The number of fused-ring (bicyclic) bond motifs is 1. The van der Waals surface area contributed by atoms with Crippen LogP contribution in [0.15, 0.2) is 36.7 Å². The zero-order chi connectivity index (χ0) is 13.4. The number of hydrogen-bond acceptors (Lipinski definition) is 3. The molecule has 0 aliphatic rings. The summed E-state index contributed by atoms with van der Waals surface area (Å²) in [6.07, 6.45) is 3.28. The number of rotatable bonds is 2. The first kappa shape index (κ1) is 11.4. The summed E-state index contributed by atoms with van der Waals surface area (Å²) in [6.45, 7) is 1.74. The molecule has 3 aromatic rings. The molecule has 2 aromatic heterocycles. The number of aromatic amines is 1. The smallest absolute Gasteiger partial charge is 0.337 e. The molecule has 0 saturated carbocycles. The van der Waals surface area contributed by atoms with E-state index in [9.17, 15) is 4.79 Å². The number of aromatic carboxylic acids is 1. The SMILES string of the molecule is Cc1[nH]c(-c2ccc3nccnc3c2)cc1C(=O)O. The summed E-state index contributed by atoms with van der Waals surface area (Å²) in [5, 5.41) is 9.06. The number of carboxylic acids is 1. The maximum atomic E-state index is 11.0. The molecule has 0 saturated heterocycles. The molecule has 1 aromatic carbocycles. The minimum atomic E-state index is -0.930. The molecule has 5 heteroatoms. The van der Waals surface area contributed by atoms with Crippen LogP contribution in [0.1, 0.15) is 16.1 Å². The lowest BCUT2D eigenvalue weighted by Crippen LogP contribution is -1.95. The lowest BCUT2D eigenvalue weighted by atomic mass is 10.1. The molecule has 94 valence electrons. The summed E-state index contributed by atoms with van der Waals surface area (Å²) in [6, 6.07) is 7.29. The van der Waals surface area contributed by atoms with Gasteiger partial charge in [-0.15, -0.1) is 0 Å². The Bertz CT molecular complexity index is 777. The van der Waals surface area contributed by atoms with Gasteiger partial charge in [-0.25, -0.2) is 4.79 Å². The molecular weight excluding hydrogens is 242 g/mol. The van der Waals surface area contributed by atoms with Crippen LogP contribution in [0.4, 0.5) is 0 Å². The van der Waals surface area contributed by atoms with Gasteiger partial charge in [0, 0.05) is 29.3 Å². The molecule has 5 nitrogen and oxygen atoms in total. The molecule has 0 aliphatic carbocycles. The lowest BCUT2D eigenvalue weighted by Gasteiger charge is -2.00. The predicted octanol–water partition coefficient (Wildman–Crippen LogP) is 2.63. The van der Waals surface area contributed by atoms with Crippen LogP contribution in [0.2, 0.25) is 0 Å². The van der Waals surface area contributed by atoms with Crippen molar-refractivity contribution in [2.75, 3.05) is 0 Å². The van der Waals surface area contributed by atoms with Crippen molar-refractivity contribution >= 4 is 17.0 Å². The fourth-order valence-electron chi connectivity index (χ4n) is 2.07. The Morgan fingerprint density at radius 2 is 1.89 bits per heavy atom. The molecule has 19 heavy (non-hydrogen) atoms. The van der Waals surface area contributed by atoms with E-state index in [0.717, 1.165) is 22.3 Å². The van der Waals surface area contributed by atoms with Crippen LogP contribution < -0.4 is 0 Å². The highest BCUT2D eigenvalue weighted by atomic mass is 16.4. The van der Waals surface area contributed by atoms with E-state index in [1.807, 2.05) is 18.2 Å². The Morgan fingerprint density at radius 1 is 1.16 bits per heavy atom. The van der Waals surface area contributed by atoms with Crippen LogP contribution in [0, 0.1) is 6.92 Å². The summed E-state index contributed by atoms with van der Waals surface area (Å²) >= 11 is 0. The summed E-state index contributed by atoms with van der Waals surface area (Å²) in [4.78, 5) is 22.6. The molecule has 0 spiro atoms. The highest BCUT2D eigenvalue weighted by Gasteiger charge is 2.12.